The normalized spacial score (nSPS) is 15.6. The van der Waals surface area contributed by atoms with Crippen molar-refractivity contribution in [3.63, 3.8) is 0 Å². The number of benzene rings is 3. The van der Waals surface area contributed by atoms with Crippen molar-refractivity contribution in [2.24, 2.45) is 5.92 Å². The van der Waals surface area contributed by atoms with E-state index in [0.717, 1.165) is 16.5 Å². The van der Waals surface area contributed by atoms with Crippen LogP contribution in [0.3, 0.4) is 0 Å². The number of para-hydroxylation sites is 1. The summed E-state index contributed by atoms with van der Waals surface area (Å²) in [7, 11) is -4.16. The Morgan fingerprint density at radius 2 is 1.72 bits per heavy atom. The molecular weight excluding hydrogens is 568 g/mol. The molecule has 224 valence electrons. The zero-order valence-electron chi connectivity index (χ0n) is 23.8. The summed E-state index contributed by atoms with van der Waals surface area (Å²) in [4.78, 5) is 27.7. The van der Waals surface area contributed by atoms with Crippen molar-refractivity contribution in [3.05, 3.63) is 95.7 Å². The van der Waals surface area contributed by atoms with Gasteiger partial charge in [0.05, 0.1) is 22.6 Å². The topological polar surface area (TPSA) is 152 Å². The van der Waals surface area contributed by atoms with E-state index in [4.69, 9.17) is 0 Å². The van der Waals surface area contributed by atoms with E-state index in [1.807, 2.05) is 74.5 Å². The monoisotopic (exact) mass is 602 g/mol. The van der Waals surface area contributed by atoms with Crippen LogP contribution in [-0.2, 0) is 21.2 Å². The van der Waals surface area contributed by atoms with E-state index < -0.39 is 28.3 Å². The van der Waals surface area contributed by atoms with E-state index in [0.29, 0.717) is 22.5 Å². The largest absolute Gasteiger partial charge is 0.465 e. The van der Waals surface area contributed by atoms with Crippen LogP contribution in [0.25, 0.3) is 22.6 Å². The Bertz CT molecular complexity index is 1750. The lowest BCUT2D eigenvalue weighted by Crippen LogP contribution is -2.50. The number of carbonyl (C=O) groups is 2. The van der Waals surface area contributed by atoms with Crippen LogP contribution in [0.1, 0.15) is 30.7 Å². The molecule has 10 nitrogen and oxygen atoms in total. The van der Waals surface area contributed by atoms with Crippen LogP contribution in [0.15, 0.2) is 83.8 Å². The number of aromatic nitrogens is 1. The van der Waals surface area contributed by atoms with Crippen molar-refractivity contribution >= 4 is 50.3 Å². The van der Waals surface area contributed by atoms with Gasteiger partial charge in [-0.3, -0.25) is 4.79 Å². The lowest BCUT2D eigenvalue weighted by atomic mass is 10.0. The van der Waals surface area contributed by atoms with Crippen molar-refractivity contribution in [2.45, 2.75) is 37.3 Å². The fourth-order valence-corrected chi connectivity index (χ4v) is 6.92. The first-order chi connectivity index (χ1) is 20.5. The van der Waals surface area contributed by atoms with Gasteiger partial charge < -0.3 is 25.8 Å². The minimum absolute atomic E-state index is 0.0380. The molecule has 0 bridgehead atoms. The molecule has 2 atom stereocenters. The van der Waals surface area contributed by atoms with Crippen molar-refractivity contribution in [1.29, 1.82) is 0 Å². The Balaban J connectivity index is 1.45. The number of carboxylic acid groups (broad SMARTS) is 1. The summed E-state index contributed by atoms with van der Waals surface area (Å²) in [6, 6.07) is 22.2. The van der Waals surface area contributed by atoms with Crippen molar-refractivity contribution in [2.75, 3.05) is 18.4 Å². The minimum atomic E-state index is -4.16. The summed E-state index contributed by atoms with van der Waals surface area (Å²) in [6.45, 7) is 3.48. The Hall–Kier alpha value is -4.45. The Morgan fingerprint density at radius 1 is 1.00 bits per heavy atom. The van der Waals surface area contributed by atoms with Gasteiger partial charge in [0, 0.05) is 35.6 Å². The highest BCUT2D eigenvalue weighted by molar-refractivity contribution is 7.89. The molecule has 11 heteroatoms. The molecule has 5 N–H and O–H groups in total. The van der Waals surface area contributed by atoms with Crippen LogP contribution in [0.2, 0.25) is 0 Å². The number of H-pyrrole nitrogens is 1. The first kappa shape index (κ1) is 30.0. The maximum absolute atomic E-state index is 14.0. The van der Waals surface area contributed by atoms with Gasteiger partial charge in [-0.2, -0.15) is 4.31 Å². The molecular formula is C32H34N4O6S. The fraction of sp³-hybridized carbons (Fsp3) is 0.250. The summed E-state index contributed by atoms with van der Waals surface area (Å²) in [5.41, 5.74) is 3.67. The van der Waals surface area contributed by atoms with Crippen molar-refractivity contribution < 1.29 is 28.2 Å². The molecule has 0 saturated heterocycles. The molecule has 2 unspecified atom stereocenters. The molecule has 1 aliphatic heterocycles. The molecule has 2 heterocycles. The number of aromatic amines is 1. The third kappa shape index (κ3) is 6.80. The van der Waals surface area contributed by atoms with Crippen LogP contribution in [-0.4, -0.2) is 65.2 Å². The number of anilines is 1. The third-order valence-electron chi connectivity index (χ3n) is 7.29. The van der Waals surface area contributed by atoms with E-state index in [1.165, 1.54) is 16.4 Å². The summed E-state index contributed by atoms with van der Waals surface area (Å²) in [6.07, 6.45) is -0.777. The maximum atomic E-state index is 14.0. The lowest BCUT2D eigenvalue weighted by molar-refractivity contribution is -0.110. The van der Waals surface area contributed by atoms with E-state index in [1.54, 1.807) is 12.1 Å². The number of nitrogens with zero attached hydrogens (tertiary/aromatic N) is 1. The number of carbonyl (C=O) groups excluding carboxylic acids is 1. The quantitative estimate of drug-likeness (QED) is 0.159. The van der Waals surface area contributed by atoms with Gasteiger partial charge in [-0.15, -0.1) is 0 Å². The molecule has 1 aromatic heterocycles. The molecule has 1 aliphatic rings. The van der Waals surface area contributed by atoms with Gasteiger partial charge in [-0.05, 0) is 59.7 Å². The number of amides is 2. The number of nitrogens with one attached hydrogen (secondary N) is 3. The molecule has 0 saturated carbocycles. The van der Waals surface area contributed by atoms with E-state index >= 15 is 0 Å². The first-order valence-electron chi connectivity index (χ1n) is 14.0. The highest BCUT2D eigenvalue weighted by Crippen LogP contribution is 2.36. The molecule has 0 radical (unpaired) electrons. The summed E-state index contributed by atoms with van der Waals surface area (Å²) in [5, 5.41) is 26.7. The second kappa shape index (κ2) is 12.4. The molecule has 43 heavy (non-hydrogen) atoms. The number of hydrogen-bond acceptors (Lipinski definition) is 5. The van der Waals surface area contributed by atoms with Gasteiger partial charge in [0.15, 0.2) is 0 Å². The third-order valence-corrected chi connectivity index (χ3v) is 9.12. The van der Waals surface area contributed by atoms with Gasteiger partial charge >= 0.3 is 6.09 Å². The van der Waals surface area contributed by atoms with Crippen LogP contribution < -0.4 is 10.6 Å². The predicted molar refractivity (Wildman–Crippen MR) is 166 cm³/mol. The van der Waals surface area contributed by atoms with Crippen LogP contribution in [0.5, 0.6) is 0 Å². The van der Waals surface area contributed by atoms with Gasteiger partial charge in [0.2, 0.25) is 10.0 Å². The number of aliphatic hydroxyl groups is 1. The molecule has 3 aromatic carbocycles. The summed E-state index contributed by atoms with van der Waals surface area (Å²) < 4.78 is 29.2. The van der Waals surface area contributed by atoms with Gasteiger partial charge in [0.1, 0.15) is 0 Å². The second-order valence-electron chi connectivity index (χ2n) is 11.1. The molecule has 5 rings (SSSR count). The molecule has 4 aromatic rings. The molecule has 2 amide bonds. The van der Waals surface area contributed by atoms with Crippen LogP contribution in [0, 0.1) is 5.92 Å². The van der Waals surface area contributed by atoms with Crippen molar-refractivity contribution in [1.82, 2.24) is 14.6 Å². The zero-order valence-corrected chi connectivity index (χ0v) is 24.6. The first-order valence-corrected chi connectivity index (χ1v) is 15.4. The SMILES string of the molecule is CC(C)CN(CC(O)C(Cc1ccccc1)NC(=O)O)S(=O)(=O)c1ccc2c(c1)/C(=C/c1cc3ccccc3[nH]1)C(=O)N2. The smallest absolute Gasteiger partial charge is 0.404 e. The Morgan fingerprint density at radius 3 is 2.42 bits per heavy atom. The lowest BCUT2D eigenvalue weighted by Gasteiger charge is -2.30. The zero-order chi connectivity index (χ0) is 30.7. The van der Waals surface area contributed by atoms with Gasteiger partial charge in [0.25, 0.3) is 5.91 Å². The van der Waals surface area contributed by atoms with E-state index in [2.05, 4.69) is 15.6 Å². The molecule has 0 fully saturated rings. The highest BCUT2D eigenvalue weighted by atomic mass is 32.2. The highest BCUT2D eigenvalue weighted by Gasteiger charge is 2.33. The van der Waals surface area contributed by atoms with E-state index in [9.17, 15) is 28.2 Å². The van der Waals surface area contributed by atoms with Crippen LogP contribution >= 0.6 is 0 Å². The average Bonchev–Trinajstić information content (AvgIpc) is 3.51. The second-order valence-corrected chi connectivity index (χ2v) is 13.0. The number of fused-ring (bicyclic) bond motifs is 2. The number of hydrogen-bond donors (Lipinski definition) is 5. The van der Waals surface area contributed by atoms with Gasteiger partial charge in [-0.1, -0.05) is 62.4 Å². The summed E-state index contributed by atoms with van der Waals surface area (Å²) in [5.74, 6) is -0.432. The van der Waals surface area contributed by atoms with Gasteiger partial charge in [-0.25, -0.2) is 13.2 Å². The standard InChI is InChI=1S/C32H34N4O6S/c1-20(2)18-36(19-30(37)29(35-32(39)40)14-21-8-4-3-5-9-21)43(41,42)24-12-13-28-25(17-24)26(31(38)34-28)16-23-15-22-10-6-7-11-27(22)33-23/h3-13,15-17,20,29-30,33,35,37H,14,18-19H2,1-2H3,(H,34,38)(H,39,40)/b26-16-. The molecule has 0 spiro atoms. The number of aliphatic hydroxyl groups excluding tert-OH is 1. The Labute approximate surface area is 250 Å². The average molecular weight is 603 g/mol. The molecule has 0 aliphatic carbocycles. The fourth-order valence-electron chi connectivity index (χ4n) is 5.27. The number of rotatable bonds is 11. The minimum Gasteiger partial charge on any atom is -0.465 e. The van der Waals surface area contributed by atoms with Crippen LogP contribution in [0.4, 0.5) is 10.5 Å². The van der Waals surface area contributed by atoms with Crippen molar-refractivity contribution in [3.8, 4) is 0 Å². The maximum Gasteiger partial charge on any atom is 0.404 e. The van der Waals surface area contributed by atoms with E-state index in [-0.39, 0.29) is 36.2 Å². The summed E-state index contributed by atoms with van der Waals surface area (Å²) >= 11 is 0. The Kier molecular flexibility index (Phi) is 8.67. The predicted octanol–water partition coefficient (Wildman–Crippen LogP) is 4.55. The number of sulfonamides is 1.